The molecular weight excluding hydrogens is 350 g/mol. The molecule has 0 aliphatic rings. The molecule has 0 heterocycles. The molecule has 0 aliphatic carbocycles. The third-order valence-corrected chi connectivity index (χ3v) is 3.73. The second kappa shape index (κ2) is 13.0. The first-order valence-corrected chi connectivity index (χ1v) is 8.39. The molecule has 150 valence electrons. The van der Waals surface area contributed by atoms with Crippen LogP contribution >= 0.6 is 0 Å². The lowest BCUT2D eigenvalue weighted by Gasteiger charge is -2.17. The van der Waals surface area contributed by atoms with E-state index in [4.69, 9.17) is 5.11 Å². The predicted octanol–water partition coefficient (Wildman–Crippen LogP) is -7.84. The zero-order valence-corrected chi connectivity index (χ0v) is 14.6. The molecule has 0 spiro atoms. The van der Waals surface area contributed by atoms with E-state index in [1.54, 1.807) is 5.32 Å². The molecule has 0 radical (unpaired) electrons. The maximum absolute atomic E-state index is 11.3. The lowest BCUT2D eigenvalue weighted by atomic mass is 10.1. The summed E-state index contributed by atoms with van der Waals surface area (Å²) >= 11 is 0. The van der Waals surface area contributed by atoms with E-state index in [0.717, 1.165) is 0 Å². The Morgan fingerprint density at radius 2 is 1.58 bits per heavy atom. The number of aliphatic hydroxyl groups is 1. The predicted molar refractivity (Wildman–Crippen MR) is 79.3 cm³/mol. The van der Waals surface area contributed by atoms with Gasteiger partial charge in [0, 0.05) is 13.0 Å². The van der Waals surface area contributed by atoms with E-state index >= 15 is 0 Å². The minimum absolute atomic E-state index is 0.218. The number of hydrogen-bond donors (Lipinski definition) is 4. The molecule has 3 unspecified atom stereocenters. The third-order valence-electron chi connectivity index (χ3n) is 3.73. The molecule has 0 aromatic rings. The smallest absolute Gasteiger partial charge is 0.223 e. The van der Waals surface area contributed by atoms with Gasteiger partial charge < -0.3 is 50.8 Å². The molecule has 3 atom stereocenters. The number of carbonyl (C=O) groups excluding carboxylic acids is 4. The van der Waals surface area contributed by atoms with Gasteiger partial charge in [-0.1, -0.05) is 0 Å². The Labute approximate surface area is 150 Å². The number of carboxylic acid groups (broad SMARTS) is 3. The molecule has 0 bridgehead atoms. The van der Waals surface area contributed by atoms with Crippen LogP contribution in [0.1, 0.15) is 32.6 Å². The standard InChI is InChI=1S/C15H27N3O8/c1-9(13(21)22)16-6-7-17-10(14(23)24)4-2-3-5-18-12(20)8-11(19)15(25)26/h9-11,16-17,19H,2-8H2,1H3,(H,18,20)(H,21,22)(H,23,24)(H,25,26)/p-1. The molecule has 11 nitrogen and oxygen atoms in total. The average molecular weight is 376 g/mol. The fraction of sp³-hybridized carbons (Fsp3) is 0.733. The first kappa shape index (κ1) is 23.8. The van der Waals surface area contributed by atoms with Crippen molar-refractivity contribution in [3.8, 4) is 0 Å². The van der Waals surface area contributed by atoms with Crippen LogP contribution in [-0.4, -0.2) is 66.7 Å². The number of aliphatic hydroxyl groups excluding tert-OH is 1. The zero-order valence-electron chi connectivity index (χ0n) is 14.6. The number of aliphatic carboxylic acids is 3. The van der Waals surface area contributed by atoms with E-state index in [-0.39, 0.29) is 6.54 Å². The van der Waals surface area contributed by atoms with Gasteiger partial charge in [0.1, 0.15) is 31.3 Å². The van der Waals surface area contributed by atoms with E-state index in [1.807, 2.05) is 0 Å². The number of nitrogens with two attached hydrogens (primary N) is 2. The fourth-order valence-corrected chi connectivity index (χ4v) is 2.12. The number of rotatable bonds is 15. The van der Waals surface area contributed by atoms with Crippen LogP contribution in [0.25, 0.3) is 0 Å². The van der Waals surface area contributed by atoms with Crippen LogP contribution in [0.15, 0.2) is 0 Å². The van der Waals surface area contributed by atoms with Gasteiger partial charge in [0.05, 0.1) is 24.3 Å². The van der Waals surface area contributed by atoms with Gasteiger partial charge in [0.2, 0.25) is 5.91 Å². The Hall–Kier alpha value is -2.24. The van der Waals surface area contributed by atoms with Crippen molar-refractivity contribution in [1.29, 1.82) is 0 Å². The van der Waals surface area contributed by atoms with Crippen molar-refractivity contribution in [2.75, 3.05) is 19.6 Å². The highest BCUT2D eigenvalue weighted by Crippen LogP contribution is 1.97. The second-order valence-electron chi connectivity index (χ2n) is 5.97. The number of unbranched alkanes of at least 4 members (excludes halogenated alkanes) is 1. The Kier molecular flexibility index (Phi) is 11.9. The van der Waals surface area contributed by atoms with Crippen LogP contribution < -0.4 is 31.3 Å². The summed E-state index contributed by atoms with van der Waals surface area (Å²) in [5.74, 6) is -4.77. The van der Waals surface area contributed by atoms with Crippen molar-refractivity contribution >= 4 is 23.8 Å². The van der Waals surface area contributed by atoms with Gasteiger partial charge in [-0.25, -0.2) is 0 Å². The minimum atomic E-state index is -1.86. The van der Waals surface area contributed by atoms with Crippen LogP contribution in [0, 0.1) is 0 Å². The lowest BCUT2D eigenvalue weighted by molar-refractivity contribution is -0.746. The topological polar surface area (TPSA) is 203 Å². The molecule has 0 aromatic heterocycles. The molecule has 0 aliphatic heterocycles. The number of carboxylic acids is 3. The summed E-state index contributed by atoms with van der Waals surface area (Å²) < 4.78 is 0. The van der Waals surface area contributed by atoms with Crippen LogP contribution in [0.5, 0.6) is 0 Å². The highest BCUT2D eigenvalue weighted by Gasteiger charge is 2.14. The SMILES string of the molecule is CC([NH2+]CC[NH2+]C(CCCCNC(=O)CC(O)C(=O)[O-])C(=O)[O-])C(=O)[O-]. The van der Waals surface area contributed by atoms with Crippen molar-refractivity contribution in [2.45, 2.75) is 50.8 Å². The summed E-state index contributed by atoms with van der Waals surface area (Å²) in [5.41, 5.74) is 0. The molecule has 0 saturated heterocycles. The molecule has 11 heteroatoms. The first-order valence-electron chi connectivity index (χ1n) is 8.39. The van der Waals surface area contributed by atoms with Crippen LogP contribution in [0.2, 0.25) is 0 Å². The van der Waals surface area contributed by atoms with Crippen molar-refractivity contribution < 1.29 is 50.2 Å². The van der Waals surface area contributed by atoms with Crippen LogP contribution in [-0.2, 0) is 19.2 Å². The normalized spacial score (nSPS) is 14.2. The van der Waals surface area contributed by atoms with E-state index in [0.29, 0.717) is 32.4 Å². The summed E-state index contributed by atoms with van der Waals surface area (Å²) in [7, 11) is 0. The minimum Gasteiger partial charge on any atom is -0.547 e. The number of carbonyl (C=O) groups is 4. The maximum atomic E-state index is 11.3. The van der Waals surface area contributed by atoms with Crippen molar-refractivity contribution in [1.82, 2.24) is 5.32 Å². The summed E-state index contributed by atoms with van der Waals surface area (Å²) in [5, 5.41) is 46.4. The van der Waals surface area contributed by atoms with Gasteiger partial charge in [-0.3, -0.25) is 4.79 Å². The average Bonchev–Trinajstić information content (AvgIpc) is 2.55. The molecular formula is C15H26N3O8-. The van der Waals surface area contributed by atoms with Gasteiger partial charge in [0.15, 0.2) is 0 Å². The van der Waals surface area contributed by atoms with Crippen molar-refractivity contribution in [2.24, 2.45) is 0 Å². The Morgan fingerprint density at radius 1 is 0.962 bits per heavy atom. The van der Waals surface area contributed by atoms with Gasteiger partial charge in [-0.15, -0.1) is 0 Å². The largest absolute Gasteiger partial charge is 0.547 e. The molecule has 26 heavy (non-hydrogen) atoms. The molecule has 0 rings (SSSR count). The number of quaternary nitrogens is 2. The van der Waals surface area contributed by atoms with Crippen LogP contribution in [0.3, 0.4) is 0 Å². The van der Waals surface area contributed by atoms with Crippen molar-refractivity contribution in [3.05, 3.63) is 0 Å². The molecule has 1 amide bonds. The zero-order chi connectivity index (χ0) is 20.1. The number of nitrogens with one attached hydrogen (secondary N) is 1. The van der Waals surface area contributed by atoms with E-state index in [1.165, 1.54) is 12.2 Å². The summed E-state index contributed by atoms with van der Waals surface area (Å²) in [6.07, 6.45) is -1.20. The van der Waals surface area contributed by atoms with Gasteiger partial charge in [-0.05, 0) is 19.8 Å². The molecule has 0 aromatic carbocycles. The van der Waals surface area contributed by atoms with E-state index in [9.17, 15) is 34.5 Å². The summed E-state index contributed by atoms with van der Waals surface area (Å²) in [6, 6.07) is -1.49. The monoisotopic (exact) mass is 376 g/mol. The quantitative estimate of drug-likeness (QED) is 0.202. The molecule has 0 saturated carbocycles. The Balaban J connectivity index is 3.90. The summed E-state index contributed by atoms with van der Waals surface area (Å²) in [4.78, 5) is 43.2. The highest BCUT2D eigenvalue weighted by molar-refractivity contribution is 5.82. The molecule has 6 N–H and O–H groups in total. The molecule has 0 fully saturated rings. The number of amides is 1. The highest BCUT2D eigenvalue weighted by atomic mass is 16.4. The third kappa shape index (κ3) is 11.3. The van der Waals surface area contributed by atoms with Gasteiger partial charge in [0.25, 0.3) is 0 Å². The second-order valence-corrected chi connectivity index (χ2v) is 5.97. The Morgan fingerprint density at radius 3 is 2.12 bits per heavy atom. The number of hydrogen-bond acceptors (Lipinski definition) is 8. The van der Waals surface area contributed by atoms with E-state index in [2.05, 4.69) is 5.32 Å². The fourth-order valence-electron chi connectivity index (χ4n) is 2.12. The van der Waals surface area contributed by atoms with E-state index < -0.39 is 48.4 Å². The maximum Gasteiger partial charge on any atom is 0.223 e. The summed E-state index contributed by atoms with van der Waals surface area (Å²) in [6.45, 7) is 2.50. The van der Waals surface area contributed by atoms with Crippen molar-refractivity contribution in [3.63, 3.8) is 0 Å². The first-order chi connectivity index (χ1) is 12.1. The van der Waals surface area contributed by atoms with Crippen LogP contribution in [0.4, 0.5) is 0 Å². The lowest BCUT2D eigenvalue weighted by Crippen LogP contribution is -3.01. The van der Waals surface area contributed by atoms with Gasteiger partial charge >= 0.3 is 0 Å². The Bertz CT molecular complexity index is 486. The van der Waals surface area contributed by atoms with Gasteiger partial charge in [-0.2, -0.15) is 0 Å².